The molecule has 4 aromatic carbocycles. The van der Waals surface area contributed by atoms with Gasteiger partial charge in [0.25, 0.3) is 0 Å². The number of benzene rings is 4. The summed E-state index contributed by atoms with van der Waals surface area (Å²) in [5.41, 5.74) is 0. The van der Waals surface area contributed by atoms with Gasteiger partial charge in [0.1, 0.15) is 0 Å². The first-order chi connectivity index (χ1) is 12.8. The van der Waals surface area contributed by atoms with Gasteiger partial charge in [-0.2, -0.15) is 0 Å². The zero-order chi connectivity index (χ0) is 17.3. The third kappa shape index (κ3) is 2.07. The molecule has 26 heavy (non-hydrogen) atoms. The van der Waals surface area contributed by atoms with Crippen molar-refractivity contribution in [3.05, 3.63) is 71.6 Å². The summed E-state index contributed by atoms with van der Waals surface area (Å²) in [5.74, 6) is 1.70. The lowest BCUT2D eigenvalue weighted by Gasteiger charge is -2.31. The van der Waals surface area contributed by atoms with Crippen LogP contribution in [0.1, 0.15) is 30.6 Å². The molecule has 1 heterocycles. The lowest BCUT2D eigenvalue weighted by Crippen LogP contribution is -2.17. The fraction of sp³-hybridized carbons (Fsp3) is 0.200. The third-order valence-electron chi connectivity index (χ3n) is 6.18. The van der Waals surface area contributed by atoms with Crippen LogP contribution in [0.2, 0.25) is 0 Å². The highest BCUT2D eigenvalue weighted by Gasteiger charge is 2.28. The van der Waals surface area contributed by atoms with Crippen LogP contribution in [0.3, 0.4) is 0 Å². The molecule has 1 aliphatic carbocycles. The summed E-state index contributed by atoms with van der Waals surface area (Å²) in [7, 11) is 0. The molecule has 0 unspecified atom stereocenters. The quantitative estimate of drug-likeness (QED) is 0.213. The van der Waals surface area contributed by atoms with Gasteiger partial charge < -0.3 is 0 Å². The van der Waals surface area contributed by atoms with E-state index in [0.29, 0.717) is 0 Å². The Hall–Kier alpha value is -2.38. The number of rotatable bonds is 1. The minimum absolute atomic E-state index is 0.793. The highest BCUT2D eigenvalue weighted by Crippen LogP contribution is 2.46. The molecule has 0 aliphatic heterocycles. The lowest BCUT2D eigenvalue weighted by molar-refractivity contribution is 0.292. The van der Waals surface area contributed by atoms with E-state index in [-0.39, 0.29) is 0 Å². The monoisotopic (exact) mass is 352 g/mol. The van der Waals surface area contributed by atoms with Crippen molar-refractivity contribution in [1.82, 2.24) is 0 Å². The predicted molar refractivity (Wildman–Crippen MR) is 115 cm³/mol. The van der Waals surface area contributed by atoms with Gasteiger partial charge in [0.2, 0.25) is 0 Å². The summed E-state index contributed by atoms with van der Waals surface area (Å²) >= 11 is 2.01. The van der Waals surface area contributed by atoms with Gasteiger partial charge in [-0.3, -0.25) is 0 Å². The van der Waals surface area contributed by atoms with Crippen LogP contribution >= 0.6 is 11.3 Å². The Morgan fingerprint density at radius 1 is 0.692 bits per heavy atom. The van der Waals surface area contributed by atoms with Crippen LogP contribution in [0.15, 0.2) is 66.7 Å². The Morgan fingerprint density at radius 3 is 2.23 bits per heavy atom. The number of thiophene rings is 1. The van der Waals surface area contributed by atoms with E-state index in [2.05, 4.69) is 73.7 Å². The Bertz CT molecular complexity index is 1300. The van der Waals surface area contributed by atoms with E-state index in [9.17, 15) is 0 Å². The minimum atomic E-state index is 0.793. The van der Waals surface area contributed by atoms with Crippen molar-refractivity contribution >= 4 is 53.7 Å². The van der Waals surface area contributed by atoms with Gasteiger partial charge in [-0.15, -0.1) is 11.3 Å². The van der Waals surface area contributed by atoms with Crippen LogP contribution in [0, 0.1) is 5.92 Å². The van der Waals surface area contributed by atoms with Crippen LogP contribution in [0.25, 0.3) is 42.4 Å². The highest BCUT2D eigenvalue weighted by molar-refractivity contribution is 7.19. The van der Waals surface area contributed by atoms with Gasteiger partial charge in [0.15, 0.2) is 0 Å². The predicted octanol–water partition coefficient (Wildman–Crippen LogP) is 7.87. The van der Waals surface area contributed by atoms with Gasteiger partial charge >= 0.3 is 0 Å². The molecule has 0 atom stereocenters. The molecular formula is C25H20S. The lowest BCUT2D eigenvalue weighted by atomic mass is 9.75. The Morgan fingerprint density at radius 2 is 1.42 bits per heavy atom. The number of hydrogen-bond acceptors (Lipinski definition) is 1. The van der Waals surface area contributed by atoms with E-state index < -0.39 is 0 Å². The molecule has 1 aliphatic rings. The first-order valence-corrected chi connectivity index (χ1v) is 10.4. The van der Waals surface area contributed by atoms with E-state index in [0.717, 1.165) is 11.8 Å². The number of fused-ring (bicyclic) bond motifs is 6. The molecule has 126 valence electrons. The summed E-state index contributed by atoms with van der Waals surface area (Å²) in [6.45, 7) is 2.37. The van der Waals surface area contributed by atoms with E-state index in [1.54, 1.807) is 4.88 Å². The molecule has 0 spiro atoms. The van der Waals surface area contributed by atoms with Crippen LogP contribution in [0.5, 0.6) is 0 Å². The first-order valence-electron chi connectivity index (χ1n) is 9.54. The molecule has 0 N–H and O–H groups in total. The molecule has 5 aromatic rings. The molecule has 0 amide bonds. The zero-order valence-corrected chi connectivity index (χ0v) is 15.6. The van der Waals surface area contributed by atoms with Gasteiger partial charge in [0.05, 0.1) is 0 Å². The minimum Gasteiger partial charge on any atom is -0.140 e. The van der Waals surface area contributed by atoms with Crippen molar-refractivity contribution in [1.29, 1.82) is 0 Å². The van der Waals surface area contributed by atoms with E-state index in [1.165, 1.54) is 55.2 Å². The molecule has 6 rings (SSSR count). The van der Waals surface area contributed by atoms with Crippen LogP contribution in [-0.2, 0) is 0 Å². The van der Waals surface area contributed by atoms with E-state index in [4.69, 9.17) is 0 Å². The van der Waals surface area contributed by atoms with Crippen LogP contribution in [-0.4, -0.2) is 0 Å². The van der Waals surface area contributed by atoms with Gasteiger partial charge in [-0.05, 0) is 81.3 Å². The van der Waals surface area contributed by atoms with Crippen molar-refractivity contribution in [3.8, 4) is 0 Å². The zero-order valence-electron chi connectivity index (χ0n) is 14.8. The molecule has 1 fully saturated rings. The second-order valence-electron chi connectivity index (χ2n) is 7.98. The maximum atomic E-state index is 2.48. The second-order valence-corrected chi connectivity index (χ2v) is 9.10. The SMILES string of the molecule is CC1CC(c2cc3c(ccc4c5cc6ccccc6cc5ccc34)s2)C1. The molecule has 0 bridgehead atoms. The Kier molecular flexibility index (Phi) is 3.01. The van der Waals surface area contributed by atoms with Crippen LogP contribution < -0.4 is 0 Å². The van der Waals surface area contributed by atoms with E-state index in [1.807, 2.05) is 11.3 Å². The van der Waals surface area contributed by atoms with Crippen molar-refractivity contribution in [3.63, 3.8) is 0 Å². The average molecular weight is 353 g/mol. The largest absolute Gasteiger partial charge is 0.140 e. The maximum absolute atomic E-state index is 2.48. The molecule has 1 aromatic heterocycles. The third-order valence-corrected chi connectivity index (χ3v) is 7.44. The summed E-state index contributed by atoms with van der Waals surface area (Å²) in [5, 5.41) is 9.57. The molecule has 0 nitrogen and oxygen atoms in total. The van der Waals surface area contributed by atoms with E-state index >= 15 is 0 Å². The molecule has 1 heteroatoms. The van der Waals surface area contributed by atoms with Crippen molar-refractivity contribution < 1.29 is 0 Å². The Labute approximate surface area is 157 Å². The van der Waals surface area contributed by atoms with Crippen LogP contribution in [0.4, 0.5) is 0 Å². The smallest absolute Gasteiger partial charge is 0.0352 e. The first kappa shape index (κ1) is 14.8. The fourth-order valence-corrected chi connectivity index (χ4v) is 5.91. The van der Waals surface area contributed by atoms with Crippen molar-refractivity contribution in [2.45, 2.75) is 25.7 Å². The Balaban J connectivity index is 1.64. The standard InChI is InChI=1S/C25H20S/c1-15-10-19(11-15)25-14-23-21-7-6-18-12-16-4-2-3-5-17(16)13-22(18)20(21)8-9-24(23)26-25/h2-9,12-15,19H,10-11H2,1H3. The average Bonchev–Trinajstić information content (AvgIpc) is 3.07. The fourth-order valence-electron chi connectivity index (χ4n) is 4.71. The molecule has 0 radical (unpaired) electrons. The summed E-state index contributed by atoms with van der Waals surface area (Å²) in [6.07, 6.45) is 2.72. The molecule has 0 saturated heterocycles. The van der Waals surface area contributed by atoms with Gasteiger partial charge in [-0.25, -0.2) is 0 Å². The summed E-state index contributed by atoms with van der Waals surface area (Å²) in [6, 6.07) is 25.1. The number of hydrogen-bond donors (Lipinski definition) is 0. The van der Waals surface area contributed by atoms with Gasteiger partial charge in [-0.1, -0.05) is 49.4 Å². The summed E-state index contributed by atoms with van der Waals surface area (Å²) in [4.78, 5) is 1.59. The van der Waals surface area contributed by atoms with Crippen molar-refractivity contribution in [2.24, 2.45) is 5.92 Å². The normalized spacial score (nSPS) is 20.2. The highest BCUT2D eigenvalue weighted by atomic mass is 32.1. The topological polar surface area (TPSA) is 0 Å². The van der Waals surface area contributed by atoms with Gasteiger partial charge in [0, 0.05) is 15.0 Å². The summed E-state index contributed by atoms with van der Waals surface area (Å²) < 4.78 is 1.44. The molecule has 1 saturated carbocycles. The van der Waals surface area contributed by atoms with Crippen molar-refractivity contribution in [2.75, 3.05) is 0 Å². The second kappa shape index (κ2) is 5.31. The molecular weight excluding hydrogens is 332 g/mol. The maximum Gasteiger partial charge on any atom is 0.0352 e.